The molecular formula is C21H26O2. The van der Waals surface area contributed by atoms with E-state index in [2.05, 4.69) is 12.8 Å². The largest absolute Gasteiger partial charge is 0.377 e. The first-order chi connectivity index (χ1) is 11.0. The molecule has 122 valence electrons. The van der Waals surface area contributed by atoms with E-state index in [4.69, 9.17) is 6.42 Å². The molecule has 0 heterocycles. The first-order valence-electron chi connectivity index (χ1n) is 9.20. The lowest BCUT2D eigenvalue weighted by molar-refractivity contribution is -0.114. The lowest BCUT2D eigenvalue weighted by Crippen LogP contribution is -2.50. The maximum atomic E-state index is 11.7. The molecule has 0 aromatic heterocycles. The molecule has 0 aliphatic heterocycles. The van der Waals surface area contributed by atoms with Crippen LogP contribution in [0.25, 0.3) is 0 Å². The minimum absolute atomic E-state index is 0.0951. The number of hydrogen-bond donors (Lipinski definition) is 1. The summed E-state index contributed by atoms with van der Waals surface area (Å²) in [6.07, 6.45) is 16.3. The SMILES string of the molecule is C#C[C@]1(O)CC[C@H]2[C@@H]3CCC4=CC(=O)CCC4=C3CCC21CC. The third-order valence-corrected chi connectivity index (χ3v) is 7.45. The van der Waals surface area contributed by atoms with Crippen LogP contribution in [0, 0.1) is 29.6 Å². The number of allylic oxidation sites excluding steroid dienone is 4. The molecule has 0 aromatic carbocycles. The van der Waals surface area contributed by atoms with Crippen LogP contribution in [0.15, 0.2) is 22.8 Å². The third-order valence-electron chi connectivity index (χ3n) is 7.45. The van der Waals surface area contributed by atoms with Gasteiger partial charge in [-0.1, -0.05) is 18.4 Å². The summed E-state index contributed by atoms with van der Waals surface area (Å²) < 4.78 is 0. The fourth-order valence-corrected chi connectivity index (χ4v) is 6.32. The molecule has 0 amide bonds. The Hall–Kier alpha value is -1.33. The molecule has 2 nitrogen and oxygen atoms in total. The number of ketones is 1. The number of fused-ring (bicyclic) bond motifs is 4. The number of carbonyl (C=O) groups is 1. The summed E-state index contributed by atoms with van der Waals surface area (Å²) in [6, 6.07) is 0. The van der Waals surface area contributed by atoms with Gasteiger partial charge in [0.15, 0.2) is 5.78 Å². The first-order valence-corrected chi connectivity index (χ1v) is 9.20. The normalized spacial score (nSPS) is 42.5. The number of terminal acetylenes is 1. The Morgan fingerprint density at radius 3 is 2.83 bits per heavy atom. The van der Waals surface area contributed by atoms with E-state index >= 15 is 0 Å². The smallest absolute Gasteiger partial charge is 0.156 e. The van der Waals surface area contributed by atoms with E-state index in [1.165, 1.54) is 11.1 Å². The van der Waals surface area contributed by atoms with Crippen LogP contribution in [0.5, 0.6) is 0 Å². The molecule has 23 heavy (non-hydrogen) atoms. The lowest BCUT2D eigenvalue weighted by atomic mass is 9.53. The van der Waals surface area contributed by atoms with E-state index < -0.39 is 5.60 Å². The summed E-state index contributed by atoms with van der Waals surface area (Å²) in [4.78, 5) is 11.7. The second kappa shape index (κ2) is 5.08. The minimum atomic E-state index is -0.915. The van der Waals surface area contributed by atoms with E-state index in [1.54, 1.807) is 5.57 Å². The van der Waals surface area contributed by atoms with Crippen molar-refractivity contribution in [2.24, 2.45) is 17.3 Å². The van der Waals surface area contributed by atoms with Crippen LogP contribution in [0.4, 0.5) is 0 Å². The van der Waals surface area contributed by atoms with Gasteiger partial charge in [-0.25, -0.2) is 0 Å². The quantitative estimate of drug-likeness (QED) is 0.745. The molecule has 2 heteroatoms. The molecule has 0 spiro atoms. The second-order valence-electron chi connectivity index (χ2n) is 7.94. The highest BCUT2D eigenvalue weighted by Crippen LogP contribution is 2.64. The number of carbonyl (C=O) groups excluding carboxylic acids is 1. The van der Waals surface area contributed by atoms with Gasteiger partial charge in [0.2, 0.25) is 0 Å². The van der Waals surface area contributed by atoms with E-state index in [-0.39, 0.29) is 5.41 Å². The molecule has 4 aliphatic rings. The van der Waals surface area contributed by atoms with Gasteiger partial charge in [-0.3, -0.25) is 4.79 Å². The van der Waals surface area contributed by atoms with Crippen LogP contribution >= 0.6 is 0 Å². The van der Waals surface area contributed by atoms with E-state index in [0.29, 0.717) is 24.0 Å². The highest BCUT2D eigenvalue weighted by atomic mass is 16.3. The molecule has 2 fully saturated rings. The maximum absolute atomic E-state index is 11.7. The van der Waals surface area contributed by atoms with Crippen molar-refractivity contribution in [3.63, 3.8) is 0 Å². The molecule has 4 aliphatic carbocycles. The molecule has 0 radical (unpaired) electrons. The number of rotatable bonds is 1. The van der Waals surface area contributed by atoms with Crippen LogP contribution < -0.4 is 0 Å². The molecule has 1 N–H and O–H groups in total. The summed E-state index contributed by atoms with van der Waals surface area (Å²) in [5.74, 6) is 4.16. The zero-order valence-corrected chi connectivity index (χ0v) is 14.0. The summed E-state index contributed by atoms with van der Waals surface area (Å²) in [7, 11) is 0. The number of hydrogen-bond acceptors (Lipinski definition) is 2. The van der Waals surface area contributed by atoms with Crippen molar-refractivity contribution >= 4 is 5.78 Å². The van der Waals surface area contributed by atoms with Crippen molar-refractivity contribution in [2.75, 3.05) is 0 Å². The van der Waals surface area contributed by atoms with Gasteiger partial charge in [0, 0.05) is 11.8 Å². The van der Waals surface area contributed by atoms with E-state index in [0.717, 1.165) is 51.4 Å². The molecule has 0 saturated heterocycles. The van der Waals surface area contributed by atoms with Crippen molar-refractivity contribution in [1.82, 2.24) is 0 Å². The molecule has 2 saturated carbocycles. The van der Waals surface area contributed by atoms with Gasteiger partial charge in [0.1, 0.15) is 5.60 Å². The van der Waals surface area contributed by atoms with Crippen molar-refractivity contribution in [3.05, 3.63) is 22.8 Å². The fourth-order valence-electron chi connectivity index (χ4n) is 6.32. The summed E-state index contributed by atoms with van der Waals surface area (Å²) in [5, 5.41) is 11.1. The fraction of sp³-hybridized carbons (Fsp3) is 0.667. The predicted octanol–water partition coefficient (Wildman–Crippen LogP) is 3.95. The summed E-state index contributed by atoms with van der Waals surface area (Å²) >= 11 is 0. The monoisotopic (exact) mass is 310 g/mol. The van der Waals surface area contributed by atoms with Crippen LogP contribution in [-0.2, 0) is 4.79 Å². The Morgan fingerprint density at radius 1 is 1.26 bits per heavy atom. The average Bonchev–Trinajstić information content (AvgIpc) is 2.88. The highest BCUT2D eigenvalue weighted by molar-refractivity contribution is 5.93. The minimum Gasteiger partial charge on any atom is -0.377 e. The second-order valence-corrected chi connectivity index (χ2v) is 7.94. The van der Waals surface area contributed by atoms with E-state index in [1.807, 2.05) is 6.08 Å². The van der Waals surface area contributed by atoms with Gasteiger partial charge in [-0.05, 0) is 80.4 Å². The summed E-state index contributed by atoms with van der Waals surface area (Å²) in [6.45, 7) is 2.20. The van der Waals surface area contributed by atoms with Gasteiger partial charge < -0.3 is 5.11 Å². The molecule has 0 aromatic rings. The predicted molar refractivity (Wildman–Crippen MR) is 90.5 cm³/mol. The van der Waals surface area contributed by atoms with Crippen LogP contribution in [0.2, 0.25) is 0 Å². The average molecular weight is 310 g/mol. The lowest BCUT2D eigenvalue weighted by Gasteiger charge is -2.52. The van der Waals surface area contributed by atoms with Crippen molar-refractivity contribution < 1.29 is 9.90 Å². The van der Waals surface area contributed by atoms with Gasteiger partial charge in [-0.2, -0.15) is 0 Å². The summed E-state index contributed by atoms with van der Waals surface area (Å²) in [5.41, 5.74) is 3.39. The molecule has 0 bridgehead atoms. The van der Waals surface area contributed by atoms with Crippen molar-refractivity contribution in [1.29, 1.82) is 0 Å². The third kappa shape index (κ3) is 1.89. The van der Waals surface area contributed by atoms with Crippen molar-refractivity contribution in [3.8, 4) is 12.3 Å². The Kier molecular flexibility index (Phi) is 3.36. The molecule has 1 unspecified atom stereocenters. The van der Waals surface area contributed by atoms with Crippen LogP contribution in [0.3, 0.4) is 0 Å². The Balaban J connectivity index is 1.77. The zero-order valence-electron chi connectivity index (χ0n) is 14.0. The van der Waals surface area contributed by atoms with Gasteiger partial charge in [0.25, 0.3) is 0 Å². The van der Waals surface area contributed by atoms with Crippen LogP contribution in [0.1, 0.15) is 64.7 Å². The molecular weight excluding hydrogens is 284 g/mol. The maximum Gasteiger partial charge on any atom is 0.156 e. The van der Waals surface area contributed by atoms with Gasteiger partial charge in [-0.15, -0.1) is 6.42 Å². The Labute approximate surface area is 139 Å². The zero-order chi connectivity index (χ0) is 16.2. The molecule has 4 rings (SSSR count). The highest BCUT2D eigenvalue weighted by Gasteiger charge is 2.61. The van der Waals surface area contributed by atoms with Gasteiger partial charge >= 0.3 is 0 Å². The van der Waals surface area contributed by atoms with Crippen LogP contribution in [-0.4, -0.2) is 16.5 Å². The topological polar surface area (TPSA) is 37.3 Å². The number of aliphatic hydroxyl groups is 1. The van der Waals surface area contributed by atoms with Gasteiger partial charge in [0.05, 0.1) is 0 Å². The van der Waals surface area contributed by atoms with E-state index in [9.17, 15) is 9.90 Å². The standard InChI is InChI=1S/C21H26O2/c1-3-20-11-9-17-16-8-6-15(22)13-14(16)5-7-18(17)19(20)10-12-21(20,23)4-2/h2,13,18-19,23H,3,5-12H2,1H3/t18-,19+,20?,21+/m1/s1. The Morgan fingerprint density at radius 2 is 2.09 bits per heavy atom. The Bertz CT molecular complexity index is 662. The first kappa shape index (κ1) is 15.2. The van der Waals surface area contributed by atoms with Crippen molar-refractivity contribution in [2.45, 2.75) is 70.3 Å². The molecule has 4 atom stereocenters.